The van der Waals surface area contributed by atoms with Crippen LogP contribution in [0.5, 0.6) is 0 Å². The molecule has 0 aliphatic heterocycles. The number of nitrogen functional groups attached to an aromatic ring is 1. The molecule has 112 valence electrons. The second-order valence-electron chi connectivity index (χ2n) is 6.18. The van der Waals surface area contributed by atoms with Gasteiger partial charge in [-0.2, -0.15) is 0 Å². The van der Waals surface area contributed by atoms with Crippen LogP contribution in [0.25, 0.3) is 0 Å². The molecule has 0 saturated heterocycles. The van der Waals surface area contributed by atoms with E-state index in [1.54, 1.807) is 7.11 Å². The summed E-state index contributed by atoms with van der Waals surface area (Å²) in [5.74, 6) is 8.36. The molecule has 0 atom stereocenters. The predicted molar refractivity (Wildman–Crippen MR) is 80.6 cm³/mol. The third-order valence-electron chi connectivity index (χ3n) is 3.56. The summed E-state index contributed by atoms with van der Waals surface area (Å²) >= 11 is 0. The lowest BCUT2D eigenvalue weighted by Gasteiger charge is -2.25. The number of anilines is 2. The van der Waals surface area contributed by atoms with Gasteiger partial charge in [0, 0.05) is 32.2 Å². The molecule has 1 aliphatic carbocycles. The lowest BCUT2D eigenvalue weighted by atomic mass is 9.90. The summed E-state index contributed by atoms with van der Waals surface area (Å²) in [6, 6.07) is 1.85. The average Bonchev–Trinajstić information content (AvgIpc) is 3.27. The number of nitrogens with zero attached hydrogens (tertiary/aromatic N) is 2. The maximum Gasteiger partial charge on any atom is 0.145 e. The Morgan fingerprint density at radius 2 is 2.05 bits per heavy atom. The van der Waals surface area contributed by atoms with Crippen molar-refractivity contribution in [3.05, 3.63) is 11.9 Å². The maximum atomic E-state index is 5.47. The number of ether oxygens (including phenoxy) is 1. The van der Waals surface area contributed by atoms with E-state index in [1.165, 1.54) is 12.8 Å². The molecule has 4 N–H and O–H groups in total. The van der Waals surface area contributed by atoms with Gasteiger partial charge in [0.15, 0.2) is 0 Å². The zero-order chi connectivity index (χ0) is 14.6. The van der Waals surface area contributed by atoms with Crippen LogP contribution in [0.1, 0.15) is 44.9 Å². The molecule has 6 nitrogen and oxygen atoms in total. The van der Waals surface area contributed by atoms with E-state index in [4.69, 9.17) is 10.6 Å². The number of nitrogens with one attached hydrogen (secondary N) is 2. The fraction of sp³-hybridized carbons (Fsp3) is 0.714. The second-order valence-corrected chi connectivity index (χ2v) is 6.18. The highest BCUT2D eigenvalue weighted by Crippen LogP contribution is 2.38. The van der Waals surface area contributed by atoms with Crippen molar-refractivity contribution in [2.75, 3.05) is 31.0 Å². The molecule has 0 bridgehead atoms. The topological polar surface area (TPSA) is 85.1 Å². The molecule has 20 heavy (non-hydrogen) atoms. The van der Waals surface area contributed by atoms with E-state index in [-0.39, 0.29) is 5.41 Å². The number of rotatable bonds is 8. The SMILES string of the molecule is COCCC(C)(C)CNc1cc(NN)nc(C2CC2)n1. The molecule has 0 unspecified atom stereocenters. The van der Waals surface area contributed by atoms with Crippen LogP contribution in [0.3, 0.4) is 0 Å². The standard InChI is InChI=1S/C14H25N5O/c1-14(2,6-7-20-3)9-16-11-8-12(19-15)18-13(17-11)10-4-5-10/h8,10H,4-7,9,15H2,1-3H3,(H2,16,17,18,19). The molecule has 1 saturated carbocycles. The number of nitrogens with two attached hydrogens (primary N) is 1. The Bertz CT molecular complexity index is 445. The number of aromatic nitrogens is 2. The lowest BCUT2D eigenvalue weighted by Crippen LogP contribution is -2.25. The number of hydrogen-bond donors (Lipinski definition) is 3. The Morgan fingerprint density at radius 3 is 2.65 bits per heavy atom. The van der Waals surface area contributed by atoms with Crippen LogP contribution in [0.15, 0.2) is 6.07 Å². The largest absolute Gasteiger partial charge is 0.385 e. The van der Waals surface area contributed by atoms with Crippen molar-refractivity contribution in [3.63, 3.8) is 0 Å². The van der Waals surface area contributed by atoms with Crippen molar-refractivity contribution < 1.29 is 4.74 Å². The van der Waals surface area contributed by atoms with Gasteiger partial charge in [0.05, 0.1) is 0 Å². The highest BCUT2D eigenvalue weighted by Gasteiger charge is 2.27. The summed E-state index contributed by atoms with van der Waals surface area (Å²) in [6.45, 7) is 6.02. The zero-order valence-electron chi connectivity index (χ0n) is 12.6. The molecule has 0 spiro atoms. The van der Waals surface area contributed by atoms with Gasteiger partial charge in [-0.3, -0.25) is 0 Å². The minimum absolute atomic E-state index is 0.150. The minimum Gasteiger partial charge on any atom is -0.385 e. The van der Waals surface area contributed by atoms with Gasteiger partial charge in [0.25, 0.3) is 0 Å². The molecule has 1 heterocycles. The van der Waals surface area contributed by atoms with E-state index >= 15 is 0 Å². The van der Waals surface area contributed by atoms with E-state index in [0.29, 0.717) is 11.7 Å². The highest BCUT2D eigenvalue weighted by molar-refractivity contribution is 5.47. The van der Waals surface area contributed by atoms with Gasteiger partial charge in [-0.25, -0.2) is 15.8 Å². The third-order valence-corrected chi connectivity index (χ3v) is 3.56. The fourth-order valence-corrected chi connectivity index (χ4v) is 1.95. The van der Waals surface area contributed by atoms with Crippen molar-refractivity contribution in [3.8, 4) is 0 Å². The molecule has 1 aliphatic rings. The Kier molecular flexibility index (Phi) is 4.77. The molecule has 1 aromatic rings. The number of hydrazine groups is 1. The monoisotopic (exact) mass is 279 g/mol. The van der Waals surface area contributed by atoms with Crippen LogP contribution in [0, 0.1) is 5.41 Å². The smallest absolute Gasteiger partial charge is 0.145 e. The Balaban J connectivity index is 1.99. The molecule has 0 aromatic carbocycles. The summed E-state index contributed by atoms with van der Waals surface area (Å²) in [5.41, 5.74) is 2.76. The van der Waals surface area contributed by atoms with E-state index in [0.717, 1.165) is 31.2 Å². The quantitative estimate of drug-likeness (QED) is 0.499. The van der Waals surface area contributed by atoms with Gasteiger partial charge in [-0.15, -0.1) is 0 Å². The van der Waals surface area contributed by atoms with Crippen molar-refractivity contribution in [2.45, 2.75) is 39.0 Å². The zero-order valence-corrected chi connectivity index (χ0v) is 12.6. The second kappa shape index (κ2) is 6.37. The van der Waals surface area contributed by atoms with Gasteiger partial charge in [-0.05, 0) is 24.7 Å². The van der Waals surface area contributed by atoms with Gasteiger partial charge in [-0.1, -0.05) is 13.8 Å². The van der Waals surface area contributed by atoms with Crippen LogP contribution in [-0.2, 0) is 4.74 Å². The molecule has 0 radical (unpaired) electrons. The first-order valence-electron chi connectivity index (χ1n) is 7.12. The maximum absolute atomic E-state index is 5.47. The van der Waals surface area contributed by atoms with Crippen molar-refractivity contribution in [2.24, 2.45) is 11.3 Å². The highest BCUT2D eigenvalue weighted by atomic mass is 16.5. The van der Waals surface area contributed by atoms with Gasteiger partial charge in [0.1, 0.15) is 17.5 Å². The summed E-state index contributed by atoms with van der Waals surface area (Å²) in [4.78, 5) is 8.98. The van der Waals surface area contributed by atoms with Crippen LogP contribution in [0.2, 0.25) is 0 Å². The molecular weight excluding hydrogens is 254 g/mol. The molecule has 1 fully saturated rings. The molecule has 1 aromatic heterocycles. The van der Waals surface area contributed by atoms with Gasteiger partial charge < -0.3 is 15.5 Å². The lowest BCUT2D eigenvalue weighted by molar-refractivity contribution is 0.157. The van der Waals surface area contributed by atoms with Gasteiger partial charge >= 0.3 is 0 Å². The summed E-state index contributed by atoms with van der Waals surface area (Å²) < 4.78 is 5.15. The molecule has 0 amide bonds. The predicted octanol–water partition coefficient (Wildman–Crippen LogP) is 2.11. The number of methoxy groups -OCH3 is 1. The van der Waals surface area contributed by atoms with Crippen LogP contribution < -0.4 is 16.6 Å². The molecule has 2 rings (SSSR count). The Hall–Kier alpha value is -1.40. The van der Waals surface area contributed by atoms with E-state index in [9.17, 15) is 0 Å². The van der Waals surface area contributed by atoms with Crippen LogP contribution in [-0.4, -0.2) is 30.2 Å². The Morgan fingerprint density at radius 1 is 1.35 bits per heavy atom. The Labute approximate surface area is 120 Å². The van der Waals surface area contributed by atoms with Crippen molar-refractivity contribution >= 4 is 11.6 Å². The average molecular weight is 279 g/mol. The first-order valence-corrected chi connectivity index (χ1v) is 7.12. The summed E-state index contributed by atoms with van der Waals surface area (Å²) in [5, 5.41) is 3.39. The van der Waals surface area contributed by atoms with Crippen LogP contribution in [0.4, 0.5) is 11.6 Å². The van der Waals surface area contributed by atoms with E-state index in [1.807, 2.05) is 6.07 Å². The number of hydrogen-bond acceptors (Lipinski definition) is 6. The molecular formula is C14H25N5O. The van der Waals surface area contributed by atoms with Crippen molar-refractivity contribution in [1.82, 2.24) is 9.97 Å². The summed E-state index contributed by atoms with van der Waals surface area (Å²) in [6.07, 6.45) is 3.35. The van der Waals surface area contributed by atoms with E-state index in [2.05, 4.69) is 34.6 Å². The van der Waals surface area contributed by atoms with E-state index < -0.39 is 0 Å². The summed E-state index contributed by atoms with van der Waals surface area (Å²) in [7, 11) is 1.73. The first-order chi connectivity index (χ1) is 9.54. The van der Waals surface area contributed by atoms with Gasteiger partial charge in [0.2, 0.25) is 0 Å². The van der Waals surface area contributed by atoms with Crippen molar-refractivity contribution in [1.29, 1.82) is 0 Å². The molecule has 6 heteroatoms. The minimum atomic E-state index is 0.150. The third kappa shape index (κ3) is 4.31. The van der Waals surface area contributed by atoms with Crippen LogP contribution >= 0.6 is 0 Å². The normalized spacial score (nSPS) is 15.2. The first kappa shape index (κ1) is 15.0. The fourth-order valence-electron chi connectivity index (χ4n) is 1.95.